The molecule has 1 aromatic rings. The predicted octanol–water partition coefficient (Wildman–Crippen LogP) is -0.424. The van der Waals surface area contributed by atoms with Gasteiger partial charge in [-0.15, -0.1) is 0 Å². The molecule has 1 unspecified atom stereocenters. The fraction of sp³-hybridized carbons (Fsp3) is 0.417. The number of benzene rings is 1. The third-order valence-corrected chi connectivity index (χ3v) is 2.26. The van der Waals surface area contributed by atoms with Crippen LogP contribution in [0.3, 0.4) is 0 Å². The molecule has 0 heterocycles. The molecule has 0 spiro atoms. The van der Waals surface area contributed by atoms with Crippen molar-refractivity contribution in [1.82, 2.24) is 5.32 Å². The molecule has 0 aliphatic rings. The third-order valence-electron chi connectivity index (χ3n) is 2.26. The van der Waals surface area contributed by atoms with Crippen LogP contribution < -0.4 is 15.4 Å². The second-order valence-corrected chi connectivity index (χ2v) is 3.72. The molecule has 0 radical (unpaired) electrons. The monoisotopic (exact) mass is 254 g/mol. The number of anilines is 1. The Morgan fingerprint density at radius 1 is 1.44 bits per heavy atom. The Morgan fingerprint density at radius 3 is 2.83 bits per heavy atom. The van der Waals surface area contributed by atoms with E-state index >= 15 is 0 Å². The lowest BCUT2D eigenvalue weighted by Gasteiger charge is -2.11. The number of aliphatic hydroxyl groups excluding tert-OH is 2. The van der Waals surface area contributed by atoms with Crippen molar-refractivity contribution in [3.05, 3.63) is 24.3 Å². The number of para-hydroxylation sites is 2. The van der Waals surface area contributed by atoms with Crippen LogP contribution in [0.25, 0.3) is 0 Å². The summed E-state index contributed by atoms with van der Waals surface area (Å²) in [5.41, 5.74) is 0.592. The molecule has 1 aromatic carbocycles. The highest BCUT2D eigenvalue weighted by atomic mass is 16.5. The van der Waals surface area contributed by atoms with Crippen LogP contribution >= 0.6 is 0 Å². The molecule has 6 nitrogen and oxygen atoms in total. The molecule has 1 amide bonds. The van der Waals surface area contributed by atoms with Gasteiger partial charge < -0.3 is 25.6 Å². The summed E-state index contributed by atoms with van der Waals surface area (Å²) in [5.74, 6) is 0.339. The van der Waals surface area contributed by atoms with E-state index in [1.807, 2.05) is 6.07 Å². The number of nitrogens with one attached hydrogen (secondary N) is 2. The van der Waals surface area contributed by atoms with Crippen molar-refractivity contribution in [2.24, 2.45) is 0 Å². The van der Waals surface area contributed by atoms with Gasteiger partial charge in [0.25, 0.3) is 0 Å². The minimum Gasteiger partial charge on any atom is -0.495 e. The zero-order chi connectivity index (χ0) is 13.4. The normalized spacial score (nSPS) is 11.9. The number of methoxy groups -OCH3 is 1. The molecular weight excluding hydrogens is 236 g/mol. The van der Waals surface area contributed by atoms with E-state index in [-0.39, 0.29) is 25.6 Å². The zero-order valence-corrected chi connectivity index (χ0v) is 10.2. The highest BCUT2D eigenvalue weighted by molar-refractivity contribution is 5.93. The molecule has 100 valence electrons. The zero-order valence-electron chi connectivity index (χ0n) is 10.2. The van der Waals surface area contributed by atoms with Gasteiger partial charge in [0.15, 0.2) is 0 Å². The van der Waals surface area contributed by atoms with Crippen molar-refractivity contribution < 1.29 is 19.7 Å². The number of hydrogen-bond donors (Lipinski definition) is 4. The summed E-state index contributed by atoms with van der Waals surface area (Å²) in [6, 6.07) is 7.09. The third kappa shape index (κ3) is 4.70. The Hall–Kier alpha value is -1.63. The van der Waals surface area contributed by atoms with Crippen molar-refractivity contribution >= 4 is 11.6 Å². The standard InChI is InChI=1S/C12H18N2O4/c1-18-11-5-3-2-4-10(11)14-12(17)7-13-6-9(16)8-15/h2-5,9,13,15-16H,6-8H2,1H3,(H,14,17). The van der Waals surface area contributed by atoms with Crippen LogP contribution in [-0.2, 0) is 4.79 Å². The van der Waals surface area contributed by atoms with E-state index in [1.54, 1.807) is 18.2 Å². The fourth-order valence-electron chi connectivity index (χ4n) is 1.36. The van der Waals surface area contributed by atoms with E-state index in [0.717, 1.165) is 0 Å². The highest BCUT2D eigenvalue weighted by Crippen LogP contribution is 2.22. The Labute approximate surface area is 106 Å². The molecule has 0 aliphatic heterocycles. The molecule has 0 saturated heterocycles. The first-order valence-electron chi connectivity index (χ1n) is 5.60. The molecular formula is C12H18N2O4. The summed E-state index contributed by atoms with van der Waals surface area (Å²) in [5, 5.41) is 23.1. The van der Waals surface area contributed by atoms with Gasteiger partial charge in [0.1, 0.15) is 5.75 Å². The second-order valence-electron chi connectivity index (χ2n) is 3.72. The topological polar surface area (TPSA) is 90.8 Å². The maximum atomic E-state index is 11.6. The minimum absolute atomic E-state index is 0.0507. The maximum Gasteiger partial charge on any atom is 0.238 e. The van der Waals surface area contributed by atoms with E-state index in [0.29, 0.717) is 11.4 Å². The van der Waals surface area contributed by atoms with Gasteiger partial charge in [-0.25, -0.2) is 0 Å². The summed E-state index contributed by atoms with van der Waals surface area (Å²) >= 11 is 0. The summed E-state index contributed by atoms with van der Waals surface area (Å²) in [4.78, 5) is 11.6. The first-order valence-corrected chi connectivity index (χ1v) is 5.60. The van der Waals surface area contributed by atoms with Crippen LogP contribution in [0.2, 0.25) is 0 Å². The molecule has 0 aromatic heterocycles. The number of rotatable bonds is 7. The summed E-state index contributed by atoms with van der Waals surface area (Å²) in [6.07, 6.45) is -0.857. The highest BCUT2D eigenvalue weighted by Gasteiger charge is 2.07. The lowest BCUT2D eigenvalue weighted by molar-refractivity contribution is -0.115. The molecule has 6 heteroatoms. The van der Waals surface area contributed by atoms with Crippen molar-refractivity contribution in [1.29, 1.82) is 0 Å². The second kappa shape index (κ2) is 7.65. The van der Waals surface area contributed by atoms with Crippen LogP contribution in [0.5, 0.6) is 5.75 Å². The Bertz CT molecular complexity index is 384. The first kappa shape index (κ1) is 14.4. The van der Waals surface area contributed by atoms with Crippen LogP contribution in [0.4, 0.5) is 5.69 Å². The lowest BCUT2D eigenvalue weighted by atomic mass is 10.3. The number of aliphatic hydroxyl groups is 2. The molecule has 0 aliphatic carbocycles. The van der Waals surface area contributed by atoms with Crippen LogP contribution in [-0.4, -0.2) is 49.0 Å². The van der Waals surface area contributed by atoms with Gasteiger partial charge in [-0.3, -0.25) is 4.79 Å². The number of ether oxygens (including phenoxy) is 1. The number of carbonyl (C=O) groups excluding carboxylic acids is 1. The van der Waals surface area contributed by atoms with Crippen LogP contribution in [0, 0.1) is 0 Å². The predicted molar refractivity (Wildman–Crippen MR) is 67.6 cm³/mol. The van der Waals surface area contributed by atoms with Gasteiger partial charge in [-0.05, 0) is 12.1 Å². The minimum atomic E-state index is -0.857. The molecule has 0 fully saturated rings. The molecule has 1 atom stereocenters. The SMILES string of the molecule is COc1ccccc1NC(=O)CNCC(O)CO. The number of amides is 1. The summed E-state index contributed by atoms with van der Waals surface area (Å²) < 4.78 is 5.10. The van der Waals surface area contributed by atoms with Crippen molar-refractivity contribution in [3.8, 4) is 5.75 Å². The average Bonchev–Trinajstić information content (AvgIpc) is 2.39. The lowest BCUT2D eigenvalue weighted by Crippen LogP contribution is -2.35. The van der Waals surface area contributed by atoms with E-state index in [9.17, 15) is 4.79 Å². The Morgan fingerprint density at radius 2 is 2.17 bits per heavy atom. The molecule has 18 heavy (non-hydrogen) atoms. The molecule has 1 rings (SSSR count). The fourth-order valence-corrected chi connectivity index (χ4v) is 1.36. The molecule has 0 saturated carbocycles. The van der Waals surface area contributed by atoms with Crippen molar-refractivity contribution in [3.63, 3.8) is 0 Å². The van der Waals surface area contributed by atoms with E-state index in [1.165, 1.54) is 7.11 Å². The first-order chi connectivity index (χ1) is 8.67. The van der Waals surface area contributed by atoms with Crippen LogP contribution in [0.1, 0.15) is 0 Å². The summed E-state index contributed by atoms with van der Waals surface area (Å²) in [6.45, 7) is -0.119. The average molecular weight is 254 g/mol. The van der Waals surface area contributed by atoms with Gasteiger partial charge in [-0.1, -0.05) is 12.1 Å². The molecule has 4 N–H and O–H groups in total. The van der Waals surface area contributed by atoms with Gasteiger partial charge in [-0.2, -0.15) is 0 Å². The van der Waals surface area contributed by atoms with E-state index < -0.39 is 6.10 Å². The smallest absolute Gasteiger partial charge is 0.238 e. The van der Waals surface area contributed by atoms with Gasteiger partial charge in [0.2, 0.25) is 5.91 Å². The number of carbonyl (C=O) groups is 1. The Kier molecular flexibility index (Phi) is 6.13. The van der Waals surface area contributed by atoms with Crippen molar-refractivity contribution in [2.45, 2.75) is 6.10 Å². The largest absolute Gasteiger partial charge is 0.495 e. The Balaban J connectivity index is 2.40. The quantitative estimate of drug-likeness (QED) is 0.530. The van der Waals surface area contributed by atoms with E-state index in [4.69, 9.17) is 14.9 Å². The van der Waals surface area contributed by atoms with Crippen LogP contribution in [0.15, 0.2) is 24.3 Å². The summed E-state index contributed by atoms with van der Waals surface area (Å²) in [7, 11) is 1.53. The van der Waals surface area contributed by atoms with Gasteiger partial charge >= 0.3 is 0 Å². The van der Waals surface area contributed by atoms with E-state index in [2.05, 4.69) is 10.6 Å². The maximum absolute atomic E-state index is 11.6. The van der Waals surface area contributed by atoms with Gasteiger partial charge in [0, 0.05) is 6.54 Å². The van der Waals surface area contributed by atoms with Crippen molar-refractivity contribution in [2.75, 3.05) is 32.1 Å². The molecule has 0 bridgehead atoms. The number of hydrogen-bond acceptors (Lipinski definition) is 5. The van der Waals surface area contributed by atoms with Gasteiger partial charge in [0.05, 0.1) is 32.1 Å².